The van der Waals surface area contributed by atoms with E-state index in [0.29, 0.717) is 30.7 Å². The highest BCUT2D eigenvalue weighted by Gasteiger charge is 2.11. The molecule has 0 radical (unpaired) electrons. The summed E-state index contributed by atoms with van der Waals surface area (Å²) in [6.07, 6.45) is 4.07. The number of thioether (sulfide) groups is 1. The SMILES string of the molecule is O=C(CSc1ncccn1)NCCc1ccc2c(c1)OCCO2. The molecule has 1 amide bonds. The van der Waals surface area contributed by atoms with Crippen LogP contribution in [0.5, 0.6) is 11.5 Å². The third kappa shape index (κ3) is 4.59. The molecular weight excluding hydrogens is 314 g/mol. The lowest BCUT2D eigenvalue weighted by atomic mass is 10.1. The van der Waals surface area contributed by atoms with E-state index >= 15 is 0 Å². The van der Waals surface area contributed by atoms with Crippen molar-refractivity contribution in [3.63, 3.8) is 0 Å². The monoisotopic (exact) mass is 331 g/mol. The van der Waals surface area contributed by atoms with E-state index in [1.165, 1.54) is 11.8 Å². The van der Waals surface area contributed by atoms with Crippen molar-refractivity contribution in [1.82, 2.24) is 15.3 Å². The lowest BCUT2D eigenvalue weighted by Gasteiger charge is -2.18. The molecule has 0 saturated carbocycles. The number of nitrogens with zero attached hydrogens (tertiary/aromatic N) is 2. The molecule has 0 unspecified atom stereocenters. The fourth-order valence-electron chi connectivity index (χ4n) is 2.13. The summed E-state index contributed by atoms with van der Waals surface area (Å²) >= 11 is 1.32. The summed E-state index contributed by atoms with van der Waals surface area (Å²) in [6.45, 7) is 1.74. The molecule has 1 aliphatic heterocycles. The van der Waals surface area contributed by atoms with Gasteiger partial charge in [-0.1, -0.05) is 17.8 Å². The van der Waals surface area contributed by atoms with Crippen LogP contribution in [-0.4, -0.2) is 41.4 Å². The Morgan fingerprint density at radius 1 is 1.17 bits per heavy atom. The Labute approximate surface area is 138 Å². The first-order valence-corrected chi connectivity index (χ1v) is 8.35. The number of nitrogens with one attached hydrogen (secondary N) is 1. The van der Waals surface area contributed by atoms with Crippen LogP contribution in [0.2, 0.25) is 0 Å². The normalized spacial score (nSPS) is 12.7. The zero-order chi connectivity index (χ0) is 15.9. The Morgan fingerprint density at radius 3 is 2.78 bits per heavy atom. The second kappa shape index (κ2) is 7.82. The van der Waals surface area contributed by atoms with Gasteiger partial charge in [0.05, 0.1) is 5.75 Å². The minimum Gasteiger partial charge on any atom is -0.486 e. The van der Waals surface area contributed by atoms with Gasteiger partial charge in [0.2, 0.25) is 5.91 Å². The van der Waals surface area contributed by atoms with Crippen LogP contribution in [0.25, 0.3) is 0 Å². The molecule has 0 spiro atoms. The van der Waals surface area contributed by atoms with Crippen molar-refractivity contribution in [3.05, 3.63) is 42.2 Å². The Balaban J connectivity index is 1.41. The van der Waals surface area contributed by atoms with Crippen LogP contribution in [0.1, 0.15) is 5.56 Å². The van der Waals surface area contributed by atoms with Gasteiger partial charge in [-0.3, -0.25) is 4.79 Å². The maximum absolute atomic E-state index is 11.8. The molecule has 0 saturated heterocycles. The van der Waals surface area contributed by atoms with Gasteiger partial charge in [0.25, 0.3) is 0 Å². The smallest absolute Gasteiger partial charge is 0.230 e. The van der Waals surface area contributed by atoms with Gasteiger partial charge >= 0.3 is 0 Å². The van der Waals surface area contributed by atoms with Gasteiger partial charge in [0, 0.05) is 18.9 Å². The molecule has 23 heavy (non-hydrogen) atoms. The van der Waals surface area contributed by atoms with Gasteiger partial charge in [-0.2, -0.15) is 0 Å². The number of hydrogen-bond acceptors (Lipinski definition) is 6. The first kappa shape index (κ1) is 15.6. The second-order valence-corrected chi connectivity index (χ2v) is 5.84. The lowest BCUT2D eigenvalue weighted by Crippen LogP contribution is -2.27. The van der Waals surface area contributed by atoms with Crippen molar-refractivity contribution in [2.75, 3.05) is 25.5 Å². The Morgan fingerprint density at radius 2 is 1.96 bits per heavy atom. The average Bonchev–Trinajstić information content (AvgIpc) is 2.61. The molecule has 1 aromatic heterocycles. The number of carbonyl (C=O) groups is 1. The highest BCUT2D eigenvalue weighted by molar-refractivity contribution is 7.99. The predicted octanol–water partition coefficient (Wildman–Crippen LogP) is 1.70. The van der Waals surface area contributed by atoms with Crippen LogP contribution < -0.4 is 14.8 Å². The minimum absolute atomic E-state index is 0.0278. The standard InChI is InChI=1S/C16H17N3O3S/c20-15(11-23-16-18-5-1-6-19-16)17-7-4-12-2-3-13-14(10-12)22-9-8-21-13/h1-3,5-6,10H,4,7-9,11H2,(H,17,20). The van der Waals surface area contributed by atoms with Crippen LogP contribution in [0.3, 0.4) is 0 Å². The maximum Gasteiger partial charge on any atom is 0.230 e. The van der Waals surface area contributed by atoms with E-state index in [1.54, 1.807) is 18.5 Å². The third-order valence-electron chi connectivity index (χ3n) is 3.22. The first-order chi connectivity index (χ1) is 11.3. The molecule has 7 heteroatoms. The number of ether oxygens (including phenoxy) is 2. The van der Waals surface area contributed by atoms with Crippen molar-refractivity contribution in [2.24, 2.45) is 0 Å². The number of rotatable bonds is 6. The summed E-state index contributed by atoms with van der Waals surface area (Å²) in [6, 6.07) is 7.62. The predicted molar refractivity (Wildman–Crippen MR) is 86.9 cm³/mol. The largest absolute Gasteiger partial charge is 0.486 e. The zero-order valence-corrected chi connectivity index (χ0v) is 13.3. The molecule has 0 atom stereocenters. The zero-order valence-electron chi connectivity index (χ0n) is 12.5. The lowest BCUT2D eigenvalue weighted by molar-refractivity contribution is -0.118. The maximum atomic E-state index is 11.8. The number of carbonyl (C=O) groups excluding carboxylic acids is 1. The first-order valence-electron chi connectivity index (χ1n) is 7.36. The summed E-state index contributed by atoms with van der Waals surface area (Å²) in [7, 11) is 0. The van der Waals surface area contributed by atoms with Crippen molar-refractivity contribution in [2.45, 2.75) is 11.6 Å². The highest BCUT2D eigenvalue weighted by atomic mass is 32.2. The van der Waals surface area contributed by atoms with E-state index in [1.807, 2.05) is 18.2 Å². The van der Waals surface area contributed by atoms with Crippen molar-refractivity contribution >= 4 is 17.7 Å². The van der Waals surface area contributed by atoms with Gasteiger partial charge < -0.3 is 14.8 Å². The summed E-state index contributed by atoms with van der Waals surface area (Å²) in [5.41, 5.74) is 1.11. The summed E-state index contributed by atoms with van der Waals surface area (Å²) in [4.78, 5) is 19.9. The van der Waals surface area contributed by atoms with E-state index in [2.05, 4.69) is 15.3 Å². The van der Waals surface area contributed by atoms with E-state index in [9.17, 15) is 4.79 Å². The third-order valence-corrected chi connectivity index (χ3v) is 4.09. The van der Waals surface area contributed by atoms with Gasteiger partial charge in [-0.25, -0.2) is 9.97 Å². The fraction of sp³-hybridized carbons (Fsp3) is 0.312. The average molecular weight is 331 g/mol. The number of benzene rings is 1. The molecule has 2 heterocycles. The van der Waals surface area contributed by atoms with E-state index < -0.39 is 0 Å². The molecule has 120 valence electrons. The van der Waals surface area contributed by atoms with Gasteiger partial charge in [0.15, 0.2) is 16.7 Å². The minimum atomic E-state index is -0.0278. The molecule has 3 rings (SSSR count). The van der Waals surface area contributed by atoms with E-state index in [4.69, 9.17) is 9.47 Å². The molecule has 0 fully saturated rings. The molecule has 0 bridgehead atoms. The van der Waals surface area contributed by atoms with Crippen LogP contribution >= 0.6 is 11.8 Å². The van der Waals surface area contributed by atoms with Crippen LogP contribution in [0, 0.1) is 0 Å². The molecule has 1 aliphatic rings. The number of fused-ring (bicyclic) bond motifs is 1. The number of hydrogen-bond donors (Lipinski definition) is 1. The quantitative estimate of drug-likeness (QED) is 0.641. The van der Waals surface area contributed by atoms with Crippen LogP contribution in [0.4, 0.5) is 0 Å². The van der Waals surface area contributed by atoms with Gasteiger partial charge in [0.1, 0.15) is 13.2 Å². The number of aromatic nitrogens is 2. The van der Waals surface area contributed by atoms with Crippen LogP contribution in [-0.2, 0) is 11.2 Å². The topological polar surface area (TPSA) is 73.3 Å². The second-order valence-electron chi connectivity index (χ2n) is 4.90. The molecule has 0 aliphatic carbocycles. The molecular formula is C16H17N3O3S. The Kier molecular flexibility index (Phi) is 5.31. The van der Waals surface area contributed by atoms with Crippen molar-refractivity contribution < 1.29 is 14.3 Å². The Hall–Kier alpha value is -2.28. The summed E-state index contributed by atoms with van der Waals surface area (Å²) in [5.74, 6) is 1.84. The van der Waals surface area contributed by atoms with Gasteiger partial charge in [-0.05, 0) is 30.2 Å². The van der Waals surface area contributed by atoms with Crippen molar-refractivity contribution in [1.29, 1.82) is 0 Å². The van der Waals surface area contributed by atoms with Crippen molar-refractivity contribution in [3.8, 4) is 11.5 Å². The molecule has 6 nitrogen and oxygen atoms in total. The van der Waals surface area contributed by atoms with E-state index in [0.717, 1.165) is 23.5 Å². The fourth-order valence-corrected chi connectivity index (χ4v) is 2.76. The molecule has 1 N–H and O–H groups in total. The van der Waals surface area contributed by atoms with Gasteiger partial charge in [-0.15, -0.1) is 0 Å². The van der Waals surface area contributed by atoms with E-state index in [-0.39, 0.29) is 5.91 Å². The Bertz CT molecular complexity index is 667. The van der Waals surface area contributed by atoms with Crippen LogP contribution in [0.15, 0.2) is 41.8 Å². The molecule has 2 aromatic rings. The summed E-state index contributed by atoms with van der Waals surface area (Å²) < 4.78 is 11.0. The highest BCUT2D eigenvalue weighted by Crippen LogP contribution is 2.30. The number of amides is 1. The summed E-state index contributed by atoms with van der Waals surface area (Å²) in [5, 5.41) is 3.50. The molecule has 1 aromatic carbocycles.